The summed E-state index contributed by atoms with van der Waals surface area (Å²) in [5.74, 6) is 1.27. The number of nitrogens with one attached hydrogen (secondary N) is 1. The lowest BCUT2D eigenvalue weighted by atomic mass is 10.1. The zero-order valence-corrected chi connectivity index (χ0v) is 15.9. The topological polar surface area (TPSA) is 56.8 Å². The average molecular weight is 357 g/mol. The summed E-state index contributed by atoms with van der Waals surface area (Å²) in [4.78, 5) is 11.3. The van der Waals surface area contributed by atoms with Gasteiger partial charge in [-0.25, -0.2) is 4.79 Å². The van der Waals surface area contributed by atoms with Crippen molar-refractivity contribution in [3.05, 3.63) is 58.7 Å². The van der Waals surface area contributed by atoms with Crippen LogP contribution in [0.4, 0.5) is 0 Å². The largest absolute Gasteiger partial charge is 0.494 e. The summed E-state index contributed by atoms with van der Waals surface area (Å²) < 4.78 is 15.8. The molecule has 0 heterocycles. The Hall–Kier alpha value is -2.53. The summed E-state index contributed by atoms with van der Waals surface area (Å²) in [6.45, 7) is 7.99. The third-order valence-corrected chi connectivity index (χ3v) is 4.00. The third-order valence-electron chi connectivity index (χ3n) is 4.00. The van der Waals surface area contributed by atoms with E-state index in [4.69, 9.17) is 9.47 Å². The Kier molecular flexibility index (Phi) is 7.48. The molecule has 0 amide bonds. The molecule has 5 heteroatoms. The van der Waals surface area contributed by atoms with E-state index in [1.165, 1.54) is 12.7 Å². The third kappa shape index (κ3) is 5.49. The monoisotopic (exact) mass is 357 g/mol. The summed E-state index contributed by atoms with van der Waals surface area (Å²) in [6.07, 6.45) is 0. The number of carbonyl (C=O) groups excluding carboxylic acids is 1. The van der Waals surface area contributed by atoms with Crippen molar-refractivity contribution < 1.29 is 19.0 Å². The van der Waals surface area contributed by atoms with Gasteiger partial charge in [-0.15, -0.1) is 0 Å². The number of aryl methyl sites for hydroxylation is 2. The standard InChI is InChI=1S/C21H27NO4/c1-5-25-19-9-7-6-8-18(19)13-22-12-17-10-15(2)21(16(3)11-17)26-14-20(23)24-4/h6-11,22H,5,12-14H2,1-4H3. The lowest BCUT2D eigenvalue weighted by Gasteiger charge is -2.14. The van der Waals surface area contributed by atoms with Crippen LogP contribution in [-0.4, -0.2) is 26.3 Å². The van der Waals surface area contributed by atoms with Gasteiger partial charge in [0.05, 0.1) is 13.7 Å². The first-order valence-electron chi connectivity index (χ1n) is 8.76. The summed E-state index contributed by atoms with van der Waals surface area (Å²) in [6, 6.07) is 12.2. The van der Waals surface area contributed by atoms with Gasteiger partial charge < -0.3 is 19.5 Å². The van der Waals surface area contributed by atoms with E-state index in [1.807, 2.05) is 39.0 Å². The van der Waals surface area contributed by atoms with Crippen molar-refractivity contribution in [2.45, 2.75) is 33.9 Å². The molecular weight excluding hydrogens is 330 g/mol. The molecule has 0 aliphatic rings. The number of rotatable bonds is 9. The van der Waals surface area contributed by atoms with Crippen LogP contribution in [0.2, 0.25) is 0 Å². The molecule has 2 aromatic rings. The van der Waals surface area contributed by atoms with Crippen molar-refractivity contribution in [1.29, 1.82) is 0 Å². The molecule has 0 radical (unpaired) electrons. The van der Waals surface area contributed by atoms with Gasteiger partial charge in [-0.3, -0.25) is 0 Å². The fraction of sp³-hybridized carbons (Fsp3) is 0.381. The van der Waals surface area contributed by atoms with Crippen LogP contribution in [0, 0.1) is 13.8 Å². The number of carbonyl (C=O) groups is 1. The second kappa shape index (κ2) is 9.82. The van der Waals surface area contributed by atoms with E-state index in [0.29, 0.717) is 6.61 Å². The number of hydrogen-bond donors (Lipinski definition) is 1. The number of methoxy groups -OCH3 is 1. The Morgan fingerprint density at radius 1 is 1.04 bits per heavy atom. The lowest BCUT2D eigenvalue weighted by Crippen LogP contribution is -2.15. The highest BCUT2D eigenvalue weighted by Gasteiger charge is 2.09. The molecule has 0 aliphatic carbocycles. The minimum atomic E-state index is -0.387. The predicted octanol–water partition coefficient (Wildman–Crippen LogP) is 3.54. The smallest absolute Gasteiger partial charge is 0.343 e. The number of hydrogen-bond acceptors (Lipinski definition) is 5. The Labute approximate surface area is 155 Å². The lowest BCUT2D eigenvalue weighted by molar-refractivity contribution is -0.142. The quantitative estimate of drug-likeness (QED) is 0.696. The van der Waals surface area contributed by atoms with Crippen molar-refractivity contribution in [1.82, 2.24) is 5.32 Å². The molecule has 0 saturated heterocycles. The Bertz CT molecular complexity index is 720. The summed E-state index contributed by atoms with van der Waals surface area (Å²) in [7, 11) is 1.35. The van der Waals surface area contributed by atoms with Gasteiger partial charge in [-0.05, 0) is 43.5 Å². The molecule has 2 aromatic carbocycles. The van der Waals surface area contributed by atoms with Gasteiger partial charge in [-0.2, -0.15) is 0 Å². The molecule has 1 N–H and O–H groups in total. The van der Waals surface area contributed by atoms with E-state index in [0.717, 1.165) is 41.3 Å². The fourth-order valence-corrected chi connectivity index (χ4v) is 2.85. The van der Waals surface area contributed by atoms with E-state index < -0.39 is 0 Å². The van der Waals surface area contributed by atoms with E-state index in [-0.39, 0.29) is 12.6 Å². The molecule has 0 fully saturated rings. The molecule has 0 bridgehead atoms. The van der Waals surface area contributed by atoms with Gasteiger partial charge in [0.15, 0.2) is 6.61 Å². The number of benzene rings is 2. The first-order chi connectivity index (χ1) is 12.5. The second-order valence-electron chi connectivity index (χ2n) is 6.07. The van der Waals surface area contributed by atoms with Gasteiger partial charge >= 0.3 is 5.97 Å². The number of ether oxygens (including phenoxy) is 3. The summed E-state index contributed by atoms with van der Waals surface area (Å²) in [5.41, 5.74) is 4.31. The maximum atomic E-state index is 11.3. The Morgan fingerprint density at radius 3 is 2.38 bits per heavy atom. The van der Waals surface area contributed by atoms with E-state index in [9.17, 15) is 4.79 Å². The molecule has 2 rings (SSSR count). The highest BCUT2D eigenvalue weighted by atomic mass is 16.6. The van der Waals surface area contributed by atoms with Crippen LogP contribution in [0.25, 0.3) is 0 Å². The van der Waals surface area contributed by atoms with Crippen molar-refractivity contribution in [3.8, 4) is 11.5 Å². The molecular formula is C21H27NO4. The number of esters is 1. The van der Waals surface area contributed by atoms with Crippen LogP contribution in [0.15, 0.2) is 36.4 Å². The van der Waals surface area contributed by atoms with E-state index in [2.05, 4.69) is 28.3 Å². The molecule has 0 aliphatic heterocycles. The first-order valence-corrected chi connectivity index (χ1v) is 8.76. The van der Waals surface area contributed by atoms with E-state index >= 15 is 0 Å². The van der Waals surface area contributed by atoms with Crippen LogP contribution in [-0.2, 0) is 22.6 Å². The first kappa shape index (κ1) is 19.8. The summed E-state index contributed by atoms with van der Waals surface area (Å²) >= 11 is 0. The van der Waals surface area contributed by atoms with Gasteiger partial charge in [-0.1, -0.05) is 30.3 Å². The molecule has 5 nitrogen and oxygen atoms in total. The molecule has 0 spiro atoms. The van der Waals surface area contributed by atoms with Crippen LogP contribution in [0.3, 0.4) is 0 Å². The van der Waals surface area contributed by atoms with E-state index in [1.54, 1.807) is 0 Å². The van der Waals surface area contributed by atoms with Crippen LogP contribution >= 0.6 is 0 Å². The van der Waals surface area contributed by atoms with Crippen LogP contribution in [0.5, 0.6) is 11.5 Å². The Balaban J connectivity index is 1.97. The maximum Gasteiger partial charge on any atom is 0.343 e. The molecule has 26 heavy (non-hydrogen) atoms. The second-order valence-corrected chi connectivity index (χ2v) is 6.07. The van der Waals surface area contributed by atoms with Crippen molar-refractivity contribution in [3.63, 3.8) is 0 Å². The molecule has 0 saturated carbocycles. The highest BCUT2D eigenvalue weighted by Crippen LogP contribution is 2.25. The van der Waals surface area contributed by atoms with Crippen molar-refractivity contribution in [2.75, 3.05) is 20.3 Å². The molecule has 0 aromatic heterocycles. The van der Waals surface area contributed by atoms with Crippen LogP contribution < -0.4 is 14.8 Å². The minimum Gasteiger partial charge on any atom is -0.494 e. The average Bonchev–Trinajstić information content (AvgIpc) is 2.62. The maximum absolute atomic E-state index is 11.3. The SMILES string of the molecule is CCOc1ccccc1CNCc1cc(C)c(OCC(=O)OC)c(C)c1. The van der Waals surface area contributed by atoms with Crippen molar-refractivity contribution >= 4 is 5.97 Å². The van der Waals surface area contributed by atoms with Gasteiger partial charge in [0.2, 0.25) is 0 Å². The Morgan fingerprint density at radius 2 is 1.73 bits per heavy atom. The molecule has 0 atom stereocenters. The zero-order valence-electron chi connectivity index (χ0n) is 15.9. The molecule has 140 valence electrons. The highest BCUT2D eigenvalue weighted by molar-refractivity contribution is 5.71. The number of para-hydroxylation sites is 1. The minimum absolute atomic E-state index is 0.0794. The summed E-state index contributed by atoms with van der Waals surface area (Å²) in [5, 5.41) is 3.46. The normalized spacial score (nSPS) is 10.5. The van der Waals surface area contributed by atoms with Gasteiger partial charge in [0.25, 0.3) is 0 Å². The van der Waals surface area contributed by atoms with Gasteiger partial charge in [0, 0.05) is 18.7 Å². The van der Waals surface area contributed by atoms with Crippen molar-refractivity contribution in [2.24, 2.45) is 0 Å². The molecule has 0 unspecified atom stereocenters. The predicted molar refractivity (Wildman–Crippen MR) is 102 cm³/mol. The fourth-order valence-electron chi connectivity index (χ4n) is 2.85. The van der Waals surface area contributed by atoms with Crippen LogP contribution in [0.1, 0.15) is 29.2 Å². The van der Waals surface area contributed by atoms with Gasteiger partial charge in [0.1, 0.15) is 11.5 Å². The zero-order chi connectivity index (χ0) is 18.9.